The summed E-state index contributed by atoms with van der Waals surface area (Å²) in [5.41, 5.74) is 2.32. The fourth-order valence-corrected chi connectivity index (χ4v) is 4.11. The van der Waals surface area contributed by atoms with Crippen molar-refractivity contribution < 1.29 is 88.0 Å². The van der Waals surface area contributed by atoms with E-state index in [1.807, 2.05) is 0 Å². The summed E-state index contributed by atoms with van der Waals surface area (Å²) in [5.74, 6) is -0.141. The van der Waals surface area contributed by atoms with E-state index in [2.05, 4.69) is 20.0 Å². The number of ether oxygens (including phenoxy) is 4. The van der Waals surface area contributed by atoms with Gasteiger partial charge in [0.05, 0.1) is 79.0 Å². The van der Waals surface area contributed by atoms with E-state index in [0.29, 0.717) is 101 Å². The van der Waals surface area contributed by atoms with E-state index in [0.717, 1.165) is 0 Å². The molecule has 17 heteroatoms. The Bertz CT molecular complexity index is 1490. The second-order valence-corrected chi connectivity index (χ2v) is 11.4. The Balaban J connectivity index is -0.000000935. The molecular formula is C44H58N4Ni2O11. The average Bonchev–Trinajstić information content (AvgIpc) is 3.22. The maximum Gasteiger partial charge on any atom is 2.00 e. The predicted molar refractivity (Wildman–Crippen MR) is 226 cm³/mol. The van der Waals surface area contributed by atoms with Crippen LogP contribution in [0, 0.1) is 0 Å². The third-order valence-corrected chi connectivity index (χ3v) is 6.80. The van der Waals surface area contributed by atoms with Crippen molar-refractivity contribution in [3.05, 3.63) is 119 Å². The Morgan fingerprint density at radius 3 is 0.754 bits per heavy atom. The largest absolute Gasteiger partial charge is 2.00 e. The Labute approximate surface area is 379 Å². The first-order chi connectivity index (χ1) is 28.4. The van der Waals surface area contributed by atoms with Crippen molar-refractivity contribution in [2.45, 2.75) is 13.8 Å². The van der Waals surface area contributed by atoms with Crippen LogP contribution in [0.25, 0.3) is 0 Å². The normalized spacial score (nSPS) is 10.4. The molecule has 0 aliphatic carbocycles. The van der Waals surface area contributed by atoms with Crippen molar-refractivity contribution >= 4 is 24.9 Å². The summed E-state index contributed by atoms with van der Waals surface area (Å²) in [6.07, 6.45) is 6.28. The number of benzene rings is 4. The molecule has 4 rings (SSSR count). The number of hydrogen-bond donors (Lipinski definition) is 2. The number of aliphatic hydroxyl groups is 2. The summed E-state index contributed by atoms with van der Waals surface area (Å²) in [7, 11) is 0. The molecule has 0 saturated carbocycles. The molecule has 0 aliphatic heterocycles. The van der Waals surface area contributed by atoms with Gasteiger partial charge in [0.2, 0.25) is 0 Å². The van der Waals surface area contributed by atoms with E-state index >= 15 is 0 Å². The molecule has 0 unspecified atom stereocenters. The van der Waals surface area contributed by atoms with Crippen LogP contribution >= 0.6 is 0 Å². The van der Waals surface area contributed by atoms with E-state index < -0.39 is 0 Å². The van der Waals surface area contributed by atoms with E-state index in [4.69, 9.17) is 29.2 Å². The van der Waals surface area contributed by atoms with E-state index in [-0.39, 0.29) is 74.7 Å². The summed E-state index contributed by atoms with van der Waals surface area (Å²) >= 11 is 0. The minimum atomic E-state index is -0.0352. The van der Waals surface area contributed by atoms with Crippen molar-refractivity contribution in [2.75, 3.05) is 92.2 Å². The van der Waals surface area contributed by atoms with Crippen LogP contribution in [0.4, 0.5) is 0 Å². The molecule has 0 heterocycles. The van der Waals surface area contributed by atoms with Gasteiger partial charge in [0.1, 0.15) is 0 Å². The van der Waals surface area contributed by atoms with Crippen LogP contribution < -0.4 is 20.4 Å². The summed E-state index contributed by atoms with van der Waals surface area (Å²) in [6, 6.07) is 27.0. The standard InChI is InChI=1S/2C20H24N2O4.2C2H6O.2Ni.H2O/c2*23-19-7-3-1-5-17(19)15-21-9-11-25-13-14-26-12-10-22-16-18-6-2-4-8-20(18)24;2*1-2-3;;;/h2*1-8,15-16,23-24H,9-14H2;2*3H,2H2,1H3;;;1H2/q;;;;2*+2;/p-4. The maximum absolute atomic E-state index is 11.5. The van der Waals surface area contributed by atoms with Crippen molar-refractivity contribution in [3.8, 4) is 23.0 Å². The van der Waals surface area contributed by atoms with Crippen LogP contribution in [0.2, 0.25) is 0 Å². The van der Waals surface area contributed by atoms with Gasteiger partial charge in [0.15, 0.2) is 0 Å². The second-order valence-electron chi connectivity index (χ2n) is 11.4. The molecule has 61 heavy (non-hydrogen) atoms. The molecule has 0 atom stereocenters. The topological polar surface area (TPSA) is 251 Å². The van der Waals surface area contributed by atoms with Gasteiger partial charge in [-0.25, -0.2) is 0 Å². The van der Waals surface area contributed by atoms with Crippen LogP contribution in [-0.4, -0.2) is 133 Å². The molecule has 0 spiro atoms. The van der Waals surface area contributed by atoms with E-state index in [9.17, 15) is 20.4 Å². The first-order valence-corrected chi connectivity index (χ1v) is 18.9. The fourth-order valence-electron chi connectivity index (χ4n) is 4.11. The number of nitrogens with zero attached hydrogens (tertiary/aromatic N) is 4. The Kier molecular flexibility index (Phi) is 43.4. The van der Waals surface area contributed by atoms with Crippen LogP contribution in [-0.2, 0) is 51.9 Å². The smallest absolute Gasteiger partial charge is 0.872 e. The van der Waals surface area contributed by atoms with Crippen LogP contribution in [0.1, 0.15) is 36.1 Å². The van der Waals surface area contributed by atoms with Gasteiger partial charge in [-0.05, 0) is 36.1 Å². The Morgan fingerprint density at radius 1 is 0.393 bits per heavy atom. The fraction of sp³-hybridized carbons (Fsp3) is 0.364. The first-order valence-electron chi connectivity index (χ1n) is 18.9. The summed E-state index contributed by atoms with van der Waals surface area (Å²) in [4.78, 5) is 16.6. The van der Waals surface area contributed by atoms with Gasteiger partial charge in [-0.1, -0.05) is 97.1 Å². The van der Waals surface area contributed by atoms with Crippen LogP contribution in [0.3, 0.4) is 0 Å². The van der Waals surface area contributed by atoms with Gasteiger partial charge in [-0.3, -0.25) is 20.0 Å². The SMILES string of the molecule is CCO.CCO.O.[Ni+2].[Ni+2].[O-]c1ccccc1C=NCCOCCOCCN=Cc1ccccc1[O-].[O-]c1ccccc1C=NCCOCCOCCN=Cc1ccccc1[O-]. The van der Waals surface area contributed by atoms with Crippen LogP contribution in [0.15, 0.2) is 117 Å². The van der Waals surface area contributed by atoms with E-state index in [1.165, 1.54) is 24.3 Å². The number of para-hydroxylation sites is 4. The third-order valence-electron chi connectivity index (χ3n) is 6.80. The molecule has 340 valence electrons. The third kappa shape index (κ3) is 32.9. The molecule has 0 aliphatic rings. The maximum atomic E-state index is 11.5. The monoisotopic (exact) mass is 934 g/mol. The molecule has 4 N–H and O–H groups in total. The number of rotatable bonds is 22. The van der Waals surface area contributed by atoms with Gasteiger partial charge in [0, 0.05) is 38.1 Å². The Morgan fingerprint density at radius 2 is 0.574 bits per heavy atom. The zero-order valence-corrected chi connectivity index (χ0v) is 36.5. The molecule has 4 aromatic carbocycles. The van der Waals surface area contributed by atoms with Gasteiger partial charge in [-0.2, -0.15) is 0 Å². The molecule has 0 fully saturated rings. The minimum absolute atomic E-state index is 0. The molecule has 15 nitrogen and oxygen atoms in total. The first kappa shape index (κ1) is 60.8. The van der Waals surface area contributed by atoms with Gasteiger partial charge in [0.25, 0.3) is 0 Å². The summed E-state index contributed by atoms with van der Waals surface area (Å²) < 4.78 is 21.6. The molecule has 0 bridgehead atoms. The van der Waals surface area contributed by atoms with Crippen molar-refractivity contribution in [1.29, 1.82) is 0 Å². The van der Waals surface area contributed by atoms with Crippen molar-refractivity contribution in [3.63, 3.8) is 0 Å². The average molecular weight is 936 g/mol. The molecule has 0 amide bonds. The number of hydrogen-bond acceptors (Lipinski definition) is 14. The number of aliphatic hydroxyl groups excluding tert-OH is 2. The molecule has 0 radical (unpaired) electrons. The quantitative estimate of drug-likeness (QED) is 0.0659. The molecule has 0 saturated heterocycles. The molecule has 0 aromatic heterocycles. The van der Waals surface area contributed by atoms with E-state index in [1.54, 1.807) is 112 Å². The number of aliphatic imine (C=N–C) groups is 4. The Hall–Kier alpha value is -4.53. The van der Waals surface area contributed by atoms with Gasteiger partial charge < -0.3 is 55.1 Å². The van der Waals surface area contributed by atoms with Gasteiger partial charge in [-0.15, -0.1) is 23.0 Å². The molecule has 4 aromatic rings. The predicted octanol–water partition coefficient (Wildman–Crippen LogP) is 1.98. The zero-order valence-electron chi connectivity index (χ0n) is 34.5. The molecular weight excluding hydrogens is 878 g/mol. The zero-order chi connectivity index (χ0) is 42.3. The summed E-state index contributed by atoms with van der Waals surface area (Å²) in [6.45, 7) is 9.61. The summed E-state index contributed by atoms with van der Waals surface area (Å²) in [5, 5.41) is 61.0. The minimum Gasteiger partial charge on any atom is -0.872 e. The van der Waals surface area contributed by atoms with Crippen molar-refractivity contribution in [2.24, 2.45) is 20.0 Å². The van der Waals surface area contributed by atoms with Crippen molar-refractivity contribution in [1.82, 2.24) is 0 Å². The van der Waals surface area contributed by atoms with Gasteiger partial charge >= 0.3 is 33.0 Å². The van der Waals surface area contributed by atoms with Crippen LogP contribution in [0.5, 0.6) is 23.0 Å². The second kappa shape index (κ2) is 43.6.